The Labute approximate surface area is 164 Å². The minimum absolute atomic E-state index is 0.145. The van der Waals surface area contributed by atoms with Crippen LogP contribution in [0, 0.1) is 0 Å². The number of carbonyl (C=O) groups excluding carboxylic acids is 1. The quantitative estimate of drug-likeness (QED) is 0.660. The summed E-state index contributed by atoms with van der Waals surface area (Å²) in [5, 5.41) is 4.18. The maximum Gasteiger partial charge on any atom is 0.328 e. The summed E-state index contributed by atoms with van der Waals surface area (Å²) >= 11 is 11.9. The molecule has 3 rings (SSSR count). The third kappa shape index (κ3) is 4.59. The van der Waals surface area contributed by atoms with Gasteiger partial charge >= 0.3 is 5.69 Å². The number of rotatable bonds is 6. The molecule has 0 bridgehead atoms. The maximum absolute atomic E-state index is 12.5. The van der Waals surface area contributed by atoms with E-state index in [2.05, 4.69) is 10.3 Å². The van der Waals surface area contributed by atoms with E-state index in [1.165, 1.54) is 6.07 Å². The largest absolute Gasteiger partial charge is 0.352 e. The molecule has 0 saturated carbocycles. The summed E-state index contributed by atoms with van der Waals surface area (Å²) in [5.74, 6) is -0.174. The number of hydrogen-bond donors (Lipinski definition) is 2. The first-order valence-electron chi connectivity index (χ1n) is 8.38. The fourth-order valence-electron chi connectivity index (χ4n) is 2.75. The molecule has 1 aromatic heterocycles. The number of nitrogens with one attached hydrogen (secondary N) is 2. The Balaban J connectivity index is 1.61. The molecule has 8 heteroatoms. The molecule has 3 aromatic rings. The van der Waals surface area contributed by atoms with Crippen molar-refractivity contribution >= 4 is 40.0 Å². The minimum Gasteiger partial charge on any atom is -0.352 e. The van der Waals surface area contributed by atoms with E-state index in [9.17, 15) is 14.4 Å². The van der Waals surface area contributed by atoms with Gasteiger partial charge in [-0.05, 0) is 36.2 Å². The molecule has 2 aromatic carbocycles. The summed E-state index contributed by atoms with van der Waals surface area (Å²) in [6.45, 7) is 0.474. The third-order valence-electron chi connectivity index (χ3n) is 4.16. The van der Waals surface area contributed by atoms with Gasteiger partial charge in [-0.1, -0.05) is 41.4 Å². The zero-order valence-electron chi connectivity index (χ0n) is 14.3. The smallest absolute Gasteiger partial charge is 0.328 e. The van der Waals surface area contributed by atoms with Crippen LogP contribution in [0.15, 0.2) is 52.1 Å². The van der Waals surface area contributed by atoms with Gasteiger partial charge in [-0.3, -0.25) is 14.2 Å². The number of aromatic nitrogens is 2. The van der Waals surface area contributed by atoms with Crippen LogP contribution >= 0.6 is 23.2 Å². The first-order valence-corrected chi connectivity index (χ1v) is 9.14. The maximum atomic E-state index is 12.5. The third-order valence-corrected chi connectivity index (χ3v) is 4.77. The lowest BCUT2D eigenvalue weighted by Crippen LogP contribution is -2.35. The molecular formula is C19H17Cl2N3O3. The zero-order chi connectivity index (χ0) is 19.4. The first kappa shape index (κ1) is 19.2. The lowest BCUT2D eigenvalue weighted by atomic mass is 10.2. The Kier molecular flexibility index (Phi) is 5.98. The number of aromatic amines is 1. The summed E-state index contributed by atoms with van der Waals surface area (Å²) in [6.07, 6.45) is 0.547. The van der Waals surface area contributed by atoms with Gasteiger partial charge in [0.1, 0.15) is 0 Å². The van der Waals surface area contributed by atoms with Gasteiger partial charge in [0.25, 0.3) is 5.56 Å². The molecule has 0 atom stereocenters. The van der Waals surface area contributed by atoms with E-state index < -0.39 is 11.2 Å². The first-order chi connectivity index (χ1) is 13.0. The number of fused-ring (bicyclic) bond motifs is 1. The summed E-state index contributed by atoms with van der Waals surface area (Å²) < 4.78 is 1.09. The van der Waals surface area contributed by atoms with Crippen molar-refractivity contribution in [1.29, 1.82) is 0 Å². The van der Waals surface area contributed by atoms with E-state index >= 15 is 0 Å². The van der Waals surface area contributed by atoms with Crippen molar-refractivity contribution in [2.75, 3.05) is 0 Å². The number of carbonyl (C=O) groups is 1. The van der Waals surface area contributed by atoms with Crippen LogP contribution in [0.3, 0.4) is 0 Å². The second-order valence-corrected chi connectivity index (χ2v) is 6.89. The van der Waals surface area contributed by atoms with E-state index in [1.54, 1.807) is 18.2 Å². The van der Waals surface area contributed by atoms with Crippen molar-refractivity contribution < 1.29 is 4.79 Å². The second-order valence-electron chi connectivity index (χ2n) is 6.05. The second kappa shape index (κ2) is 8.41. The normalized spacial score (nSPS) is 10.9. The van der Waals surface area contributed by atoms with Crippen LogP contribution in [0.25, 0.3) is 10.9 Å². The number of H-pyrrole nitrogens is 1. The fourth-order valence-corrected chi connectivity index (χ4v) is 3.13. The number of amides is 1. The average Bonchev–Trinajstić information content (AvgIpc) is 2.63. The van der Waals surface area contributed by atoms with E-state index in [-0.39, 0.29) is 18.9 Å². The van der Waals surface area contributed by atoms with E-state index in [1.807, 2.05) is 18.2 Å². The predicted octanol–water partition coefficient (Wildman–Crippen LogP) is 3.09. The van der Waals surface area contributed by atoms with Gasteiger partial charge in [0.15, 0.2) is 0 Å². The summed E-state index contributed by atoms with van der Waals surface area (Å²) in [7, 11) is 0. The van der Waals surface area contributed by atoms with Gasteiger partial charge in [-0.25, -0.2) is 4.79 Å². The highest BCUT2D eigenvalue weighted by atomic mass is 35.5. The molecule has 2 N–H and O–H groups in total. The fraction of sp³-hybridized carbons (Fsp3) is 0.211. The van der Waals surface area contributed by atoms with Crippen molar-refractivity contribution in [3.63, 3.8) is 0 Å². The molecule has 1 amide bonds. The number of halogens is 2. The number of hydrogen-bond acceptors (Lipinski definition) is 3. The average molecular weight is 406 g/mol. The van der Waals surface area contributed by atoms with Crippen LogP contribution in [0.5, 0.6) is 0 Å². The molecule has 0 unspecified atom stereocenters. The van der Waals surface area contributed by atoms with Gasteiger partial charge in [-0.2, -0.15) is 0 Å². The zero-order valence-corrected chi connectivity index (χ0v) is 15.8. The molecule has 1 heterocycles. The van der Waals surface area contributed by atoms with Crippen LogP contribution in [0.4, 0.5) is 0 Å². The summed E-state index contributed by atoms with van der Waals surface area (Å²) in [5.41, 5.74) is 0.299. The molecule has 0 saturated heterocycles. The van der Waals surface area contributed by atoms with Gasteiger partial charge in [0.2, 0.25) is 5.91 Å². The molecule has 140 valence electrons. The highest BCUT2D eigenvalue weighted by Crippen LogP contribution is 2.15. The van der Waals surface area contributed by atoms with Crippen molar-refractivity contribution in [2.45, 2.75) is 25.9 Å². The Morgan fingerprint density at radius 1 is 1.11 bits per heavy atom. The van der Waals surface area contributed by atoms with Crippen LogP contribution in [-0.2, 0) is 17.9 Å². The molecule has 6 nitrogen and oxygen atoms in total. The van der Waals surface area contributed by atoms with Crippen molar-refractivity contribution in [2.24, 2.45) is 0 Å². The minimum atomic E-state index is -0.522. The molecule has 0 fully saturated rings. The van der Waals surface area contributed by atoms with Gasteiger partial charge in [0, 0.05) is 29.6 Å². The van der Waals surface area contributed by atoms with Crippen molar-refractivity contribution in [3.8, 4) is 0 Å². The van der Waals surface area contributed by atoms with Crippen LogP contribution < -0.4 is 16.6 Å². The molecule has 27 heavy (non-hydrogen) atoms. The summed E-state index contributed by atoms with van der Waals surface area (Å²) in [4.78, 5) is 39.2. The van der Waals surface area contributed by atoms with Crippen molar-refractivity contribution in [3.05, 3.63) is 78.9 Å². The molecule has 0 aliphatic heterocycles. The Hall–Kier alpha value is -2.57. The molecule has 0 radical (unpaired) electrons. The highest BCUT2D eigenvalue weighted by Gasteiger charge is 2.09. The van der Waals surface area contributed by atoms with Crippen molar-refractivity contribution in [1.82, 2.24) is 14.9 Å². The van der Waals surface area contributed by atoms with E-state index in [0.717, 1.165) is 10.1 Å². The topological polar surface area (TPSA) is 84.0 Å². The number of nitrogens with zero attached hydrogens (tertiary/aromatic N) is 1. The monoisotopic (exact) mass is 405 g/mol. The van der Waals surface area contributed by atoms with Crippen LogP contribution in [0.1, 0.15) is 18.4 Å². The van der Waals surface area contributed by atoms with Gasteiger partial charge in [-0.15, -0.1) is 0 Å². The Morgan fingerprint density at radius 3 is 2.67 bits per heavy atom. The van der Waals surface area contributed by atoms with E-state index in [0.29, 0.717) is 33.9 Å². The Morgan fingerprint density at radius 2 is 1.89 bits per heavy atom. The predicted molar refractivity (Wildman–Crippen MR) is 106 cm³/mol. The molecule has 0 aliphatic carbocycles. The number of benzene rings is 2. The molecule has 0 aliphatic rings. The standard InChI is InChI=1S/C19H17Cl2N3O3/c20-13-7-8-14-16(10-13)23-19(27)24(18(14)26)9-3-6-17(25)22-11-12-4-1-2-5-15(12)21/h1-2,4-5,7-8,10H,3,6,9,11H2,(H,22,25)(H,23,27). The SMILES string of the molecule is O=C(CCCn1c(=O)[nH]c2cc(Cl)ccc2c1=O)NCc1ccccc1Cl. The lowest BCUT2D eigenvalue weighted by molar-refractivity contribution is -0.121. The van der Waals surface area contributed by atoms with E-state index in [4.69, 9.17) is 23.2 Å². The van der Waals surface area contributed by atoms with Gasteiger partial charge < -0.3 is 10.3 Å². The lowest BCUT2D eigenvalue weighted by Gasteiger charge is -2.08. The van der Waals surface area contributed by atoms with Crippen LogP contribution in [-0.4, -0.2) is 15.5 Å². The molecular weight excluding hydrogens is 389 g/mol. The van der Waals surface area contributed by atoms with Gasteiger partial charge in [0.05, 0.1) is 10.9 Å². The molecule has 0 spiro atoms. The summed E-state index contributed by atoms with van der Waals surface area (Å²) in [6, 6.07) is 12.0. The van der Waals surface area contributed by atoms with Crippen LogP contribution in [0.2, 0.25) is 10.0 Å². The Bertz CT molecular complexity index is 1110. The highest BCUT2D eigenvalue weighted by molar-refractivity contribution is 6.31.